The van der Waals surface area contributed by atoms with Crippen LogP contribution in [0.3, 0.4) is 0 Å². The molecule has 4 aliphatic heterocycles. The molecule has 4 heterocycles. The second-order valence-electron chi connectivity index (χ2n) is 11.5. The fourth-order valence-electron chi connectivity index (χ4n) is 4.75. The lowest BCUT2D eigenvalue weighted by Gasteiger charge is -2.32. The summed E-state index contributed by atoms with van der Waals surface area (Å²) in [7, 11) is 0. The number of hydrogen-bond donors (Lipinski definition) is 1. The smallest absolute Gasteiger partial charge is 0.410 e. The molecule has 2 bridgehead atoms. The van der Waals surface area contributed by atoms with E-state index in [-0.39, 0.29) is 45.9 Å². The number of ether oxygens (including phenoxy) is 3. The number of carbonyl (C=O) groups excluding carboxylic acids is 2. The van der Waals surface area contributed by atoms with Gasteiger partial charge in [-0.2, -0.15) is 0 Å². The maximum Gasteiger partial charge on any atom is 0.410 e. The number of morpholine rings is 1. The number of likely N-dealkylation sites (tertiary alicyclic amines) is 3. The quantitative estimate of drug-likeness (QED) is 0.387. The molecule has 4 fully saturated rings. The first kappa shape index (κ1) is 38.2. The van der Waals surface area contributed by atoms with Gasteiger partial charge in [0.25, 0.3) is 11.8 Å². The Balaban J connectivity index is 0.000000693. The first-order valence-corrected chi connectivity index (χ1v) is 15.4. The molecule has 2 amide bonds. The van der Waals surface area contributed by atoms with Crippen molar-refractivity contribution in [3.05, 3.63) is 0 Å². The van der Waals surface area contributed by atoms with Gasteiger partial charge in [-0.25, -0.2) is 27.2 Å². The molecular formula is C29H56F4N4O5. The molecule has 0 aromatic rings. The fourth-order valence-corrected chi connectivity index (χ4v) is 4.75. The van der Waals surface area contributed by atoms with Gasteiger partial charge < -0.3 is 24.4 Å². The Morgan fingerprint density at radius 3 is 1.57 bits per heavy atom. The third-order valence-corrected chi connectivity index (χ3v) is 6.75. The largest absolute Gasteiger partial charge is 0.438 e. The van der Waals surface area contributed by atoms with Gasteiger partial charge in [0, 0.05) is 20.6 Å². The molecular weight excluding hydrogens is 560 g/mol. The zero-order valence-corrected chi connectivity index (χ0v) is 26.8. The van der Waals surface area contributed by atoms with Crippen LogP contribution in [0.5, 0.6) is 0 Å². The monoisotopic (exact) mass is 616 g/mol. The minimum atomic E-state index is -2.96. The van der Waals surface area contributed by atoms with Crippen LogP contribution in [0.4, 0.5) is 27.2 Å². The second kappa shape index (κ2) is 18.1. The maximum absolute atomic E-state index is 13.8. The molecule has 42 heavy (non-hydrogen) atoms. The van der Waals surface area contributed by atoms with E-state index in [2.05, 4.69) is 33.0 Å². The molecule has 4 atom stereocenters. The van der Waals surface area contributed by atoms with E-state index in [4.69, 9.17) is 14.2 Å². The lowest BCUT2D eigenvalue weighted by atomic mass is 10.2. The number of amides is 2. The number of hydrogen-bond acceptors (Lipinski definition) is 7. The van der Waals surface area contributed by atoms with Crippen molar-refractivity contribution in [1.82, 2.24) is 20.0 Å². The van der Waals surface area contributed by atoms with E-state index in [9.17, 15) is 27.2 Å². The van der Waals surface area contributed by atoms with Crippen molar-refractivity contribution in [1.29, 1.82) is 0 Å². The molecule has 0 spiro atoms. The van der Waals surface area contributed by atoms with Crippen molar-refractivity contribution in [3.63, 3.8) is 0 Å². The number of rotatable bonds is 5. The number of nitrogens with zero attached hydrogens (tertiary/aromatic N) is 3. The Kier molecular flexibility index (Phi) is 16.4. The van der Waals surface area contributed by atoms with Gasteiger partial charge in [0.2, 0.25) is 0 Å². The topological polar surface area (TPSA) is 83.6 Å². The van der Waals surface area contributed by atoms with Crippen LogP contribution in [0.1, 0.15) is 82.5 Å². The average Bonchev–Trinajstić information content (AvgIpc) is 3.50. The molecule has 0 radical (unpaired) electrons. The van der Waals surface area contributed by atoms with E-state index >= 15 is 0 Å². The van der Waals surface area contributed by atoms with Crippen molar-refractivity contribution in [2.24, 2.45) is 0 Å². The highest BCUT2D eigenvalue weighted by Crippen LogP contribution is 2.32. The highest BCUT2D eigenvalue weighted by atomic mass is 19.3. The van der Waals surface area contributed by atoms with E-state index < -0.39 is 36.2 Å². The molecule has 4 rings (SSSR count). The summed E-state index contributed by atoms with van der Waals surface area (Å²) in [5.74, 6) is -5.92. The first-order chi connectivity index (χ1) is 19.7. The Hall–Kier alpha value is -1.86. The number of carbonyl (C=O) groups is 2. The molecule has 0 saturated carbocycles. The molecule has 0 aliphatic carbocycles. The molecule has 250 valence electrons. The van der Waals surface area contributed by atoms with Crippen molar-refractivity contribution >= 4 is 12.2 Å². The van der Waals surface area contributed by atoms with Crippen LogP contribution in [0.15, 0.2) is 0 Å². The van der Waals surface area contributed by atoms with E-state index in [0.29, 0.717) is 26.2 Å². The van der Waals surface area contributed by atoms with Crippen molar-refractivity contribution in [2.75, 3.05) is 52.4 Å². The predicted molar refractivity (Wildman–Crippen MR) is 156 cm³/mol. The highest BCUT2D eigenvalue weighted by molar-refractivity contribution is 5.68. The molecule has 0 aromatic carbocycles. The van der Waals surface area contributed by atoms with Crippen LogP contribution < -0.4 is 5.32 Å². The predicted octanol–water partition coefficient (Wildman–Crippen LogP) is 5.86. The maximum atomic E-state index is 13.8. The Morgan fingerprint density at radius 1 is 0.810 bits per heavy atom. The van der Waals surface area contributed by atoms with Crippen LogP contribution in [0, 0.1) is 0 Å². The van der Waals surface area contributed by atoms with Crippen LogP contribution >= 0.6 is 0 Å². The molecule has 4 saturated heterocycles. The van der Waals surface area contributed by atoms with E-state index in [1.807, 2.05) is 6.92 Å². The van der Waals surface area contributed by atoms with Crippen LogP contribution in [0.2, 0.25) is 0 Å². The summed E-state index contributed by atoms with van der Waals surface area (Å²) in [5, 5.41) is 2.43. The van der Waals surface area contributed by atoms with Gasteiger partial charge in [-0.05, 0) is 39.8 Å². The second-order valence-corrected chi connectivity index (χ2v) is 11.5. The van der Waals surface area contributed by atoms with Crippen molar-refractivity contribution in [3.8, 4) is 0 Å². The van der Waals surface area contributed by atoms with E-state index in [0.717, 1.165) is 12.8 Å². The van der Waals surface area contributed by atoms with Gasteiger partial charge in [-0.15, -0.1) is 0 Å². The number of alkyl carbamates (subject to hydrolysis) is 1. The van der Waals surface area contributed by atoms with Crippen LogP contribution in [-0.2, 0) is 14.2 Å². The third kappa shape index (κ3) is 12.4. The van der Waals surface area contributed by atoms with Gasteiger partial charge in [-0.1, -0.05) is 54.4 Å². The third-order valence-electron chi connectivity index (χ3n) is 6.75. The molecule has 13 heteroatoms. The Morgan fingerprint density at radius 2 is 1.21 bits per heavy atom. The summed E-state index contributed by atoms with van der Waals surface area (Å²) >= 11 is 0. The molecule has 4 aliphatic rings. The fraction of sp³-hybridized carbons (Fsp3) is 0.931. The summed E-state index contributed by atoms with van der Waals surface area (Å²) in [6, 6.07) is -0.121. The standard InChI is InChI=1S/C13H20F2N2O3.C10H18F2N2O2.2C3H8.H2/c1-2-16-7-11(13(14,15)8-16)20-12(18)17-5-9-3-4-10(6-17)19-9;1-4-14-5-8(10(11,12)6-14)16-9(15)13-7(2)3;2*1-3-2;/h9-11H,2-8H2,1H3;7-8H,4-6H2,1-3H3,(H,13,15);2*3H2,1-2H3;1H. The Bertz CT molecular complexity index is 801. The number of likely N-dealkylation sites (N-methyl/N-ethyl adjacent to an activating group) is 2. The zero-order chi connectivity index (χ0) is 32.1. The number of alkyl halides is 4. The van der Waals surface area contributed by atoms with Crippen LogP contribution in [0.25, 0.3) is 0 Å². The van der Waals surface area contributed by atoms with Gasteiger partial charge >= 0.3 is 12.2 Å². The SMILES string of the molecule is CCC.CCC.CCN1CC(OC(=O)N2CC3CCC(C2)O3)C(F)(F)C1.CCN1CC(OC(=O)NC(C)C)C(F)(F)C1.[HH]. The lowest BCUT2D eigenvalue weighted by Crippen LogP contribution is -2.48. The first-order valence-electron chi connectivity index (χ1n) is 15.4. The van der Waals surface area contributed by atoms with Crippen molar-refractivity contribution in [2.45, 2.75) is 123 Å². The number of fused-ring (bicyclic) bond motifs is 2. The van der Waals surface area contributed by atoms with Crippen LogP contribution in [-0.4, -0.2) is 122 Å². The normalized spacial score (nSPS) is 27.6. The average molecular weight is 617 g/mol. The lowest BCUT2D eigenvalue weighted by molar-refractivity contribution is -0.0937. The summed E-state index contributed by atoms with van der Waals surface area (Å²) in [6.07, 6.45) is 0.345. The summed E-state index contributed by atoms with van der Waals surface area (Å²) in [4.78, 5) is 27.9. The number of halogens is 4. The molecule has 4 unspecified atom stereocenters. The summed E-state index contributed by atoms with van der Waals surface area (Å²) in [5.41, 5.74) is 0. The van der Waals surface area contributed by atoms with Crippen molar-refractivity contribution < 1.29 is 42.8 Å². The Labute approximate surface area is 251 Å². The van der Waals surface area contributed by atoms with Gasteiger partial charge in [0.15, 0.2) is 12.2 Å². The molecule has 1 N–H and O–H groups in total. The van der Waals surface area contributed by atoms with Gasteiger partial charge in [0.1, 0.15) is 0 Å². The number of nitrogens with one attached hydrogen (secondary N) is 1. The van der Waals surface area contributed by atoms with E-state index in [1.54, 1.807) is 30.6 Å². The molecule has 0 aromatic heterocycles. The summed E-state index contributed by atoms with van der Waals surface area (Å²) < 4.78 is 69.8. The summed E-state index contributed by atoms with van der Waals surface area (Å²) in [6.45, 7) is 17.1. The minimum Gasteiger partial charge on any atom is -0.438 e. The highest BCUT2D eigenvalue weighted by Gasteiger charge is 2.51. The molecule has 9 nitrogen and oxygen atoms in total. The zero-order valence-electron chi connectivity index (χ0n) is 26.8. The van der Waals surface area contributed by atoms with E-state index in [1.165, 1.54) is 17.7 Å². The van der Waals surface area contributed by atoms with Gasteiger partial charge in [-0.3, -0.25) is 9.80 Å². The minimum absolute atomic E-state index is 0. The van der Waals surface area contributed by atoms with Gasteiger partial charge in [0.05, 0.1) is 38.4 Å².